The van der Waals surface area contributed by atoms with Crippen LogP contribution in [-0.4, -0.2) is 45.0 Å². The third-order valence-corrected chi connectivity index (χ3v) is 8.36. The SMILES string of the molecule is O=C(CCCOc1cccc(Cl)c1Cl)N1CCC(NS(=O)(=O)c2cccs2)CC1. The van der Waals surface area contributed by atoms with Crippen molar-refractivity contribution >= 4 is 50.5 Å². The Morgan fingerprint density at radius 2 is 1.97 bits per heavy atom. The molecule has 0 unspecified atom stereocenters. The average Bonchev–Trinajstić information content (AvgIpc) is 3.24. The van der Waals surface area contributed by atoms with Crippen LogP contribution >= 0.6 is 34.5 Å². The molecule has 0 atom stereocenters. The lowest BCUT2D eigenvalue weighted by molar-refractivity contribution is -0.132. The number of nitrogens with zero attached hydrogens (tertiary/aromatic N) is 1. The van der Waals surface area contributed by atoms with E-state index in [1.165, 1.54) is 11.3 Å². The summed E-state index contributed by atoms with van der Waals surface area (Å²) in [5, 5.41) is 2.53. The van der Waals surface area contributed by atoms with Gasteiger partial charge in [0.05, 0.1) is 11.6 Å². The molecule has 0 bridgehead atoms. The third-order valence-electron chi connectivity index (χ3n) is 4.64. The number of likely N-dealkylation sites (tertiary alicyclic amines) is 1. The second-order valence-corrected chi connectivity index (χ2v) is 10.4. The van der Waals surface area contributed by atoms with E-state index < -0.39 is 10.0 Å². The third kappa shape index (κ3) is 6.08. The van der Waals surface area contributed by atoms with E-state index in [1.54, 1.807) is 40.6 Å². The molecule has 0 radical (unpaired) electrons. The van der Waals surface area contributed by atoms with Crippen molar-refractivity contribution in [1.29, 1.82) is 0 Å². The molecule has 1 aromatic carbocycles. The van der Waals surface area contributed by atoms with Gasteiger partial charge in [0.1, 0.15) is 15.0 Å². The second kappa shape index (κ2) is 10.1. The van der Waals surface area contributed by atoms with Crippen LogP contribution in [0.15, 0.2) is 39.9 Å². The number of ether oxygens (including phenoxy) is 1. The molecule has 1 aromatic heterocycles. The molecule has 0 spiro atoms. The fraction of sp³-hybridized carbons (Fsp3) is 0.421. The van der Waals surface area contributed by atoms with E-state index in [-0.39, 0.29) is 11.9 Å². The van der Waals surface area contributed by atoms with Gasteiger partial charge in [0.15, 0.2) is 0 Å². The lowest BCUT2D eigenvalue weighted by Gasteiger charge is -2.32. The summed E-state index contributed by atoms with van der Waals surface area (Å²) in [5.74, 6) is 0.552. The van der Waals surface area contributed by atoms with E-state index in [9.17, 15) is 13.2 Å². The molecular weight excluding hydrogens is 455 g/mol. The first-order chi connectivity index (χ1) is 13.9. The first kappa shape index (κ1) is 22.4. The summed E-state index contributed by atoms with van der Waals surface area (Å²) in [7, 11) is -3.48. The second-order valence-electron chi connectivity index (χ2n) is 6.71. The van der Waals surface area contributed by atoms with Gasteiger partial charge < -0.3 is 9.64 Å². The van der Waals surface area contributed by atoms with Crippen molar-refractivity contribution in [2.45, 2.75) is 35.9 Å². The van der Waals surface area contributed by atoms with Gasteiger partial charge in [-0.2, -0.15) is 0 Å². The summed E-state index contributed by atoms with van der Waals surface area (Å²) in [4.78, 5) is 14.2. The number of rotatable bonds is 8. The predicted octanol–water partition coefficient (Wildman–Crippen LogP) is 4.18. The van der Waals surface area contributed by atoms with Crippen LogP contribution in [0.4, 0.5) is 0 Å². The molecule has 1 fully saturated rings. The molecule has 1 aliphatic rings. The number of hydrogen-bond donors (Lipinski definition) is 1. The highest BCUT2D eigenvalue weighted by Gasteiger charge is 2.26. The van der Waals surface area contributed by atoms with Gasteiger partial charge in [-0.05, 0) is 42.8 Å². The van der Waals surface area contributed by atoms with E-state index in [0.717, 1.165) is 0 Å². The topological polar surface area (TPSA) is 75.7 Å². The van der Waals surface area contributed by atoms with Gasteiger partial charge >= 0.3 is 0 Å². The molecule has 0 saturated carbocycles. The molecule has 158 valence electrons. The average molecular weight is 477 g/mol. The van der Waals surface area contributed by atoms with Crippen LogP contribution in [0.3, 0.4) is 0 Å². The number of benzene rings is 1. The van der Waals surface area contributed by atoms with Crippen molar-refractivity contribution in [1.82, 2.24) is 9.62 Å². The van der Waals surface area contributed by atoms with E-state index in [2.05, 4.69) is 4.72 Å². The molecule has 2 heterocycles. The molecule has 10 heteroatoms. The standard InChI is InChI=1S/C19H22Cl2N2O4S2/c20-15-4-1-5-16(19(15)21)27-12-2-6-17(24)23-10-8-14(9-11-23)22-29(25,26)18-7-3-13-28-18/h1,3-5,7,13-14,22H,2,6,8-12H2. The highest BCUT2D eigenvalue weighted by molar-refractivity contribution is 7.91. The van der Waals surface area contributed by atoms with Gasteiger partial charge in [0.2, 0.25) is 15.9 Å². The molecular formula is C19H22Cl2N2O4S2. The maximum Gasteiger partial charge on any atom is 0.250 e. The minimum absolute atomic E-state index is 0.0466. The van der Waals surface area contributed by atoms with E-state index in [1.807, 2.05) is 0 Å². The maximum atomic E-state index is 12.4. The number of hydrogen-bond acceptors (Lipinski definition) is 5. The fourth-order valence-electron chi connectivity index (χ4n) is 3.10. The fourth-order valence-corrected chi connectivity index (χ4v) is 5.76. The van der Waals surface area contributed by atoms with Crippen molar-refractivity contribution in [2.75, 3.05) is 19.7 Å². The van der Waals surface area contributed by atoms with Crippen molar-refractivity contribution in [3.05, 3.63) is 45.8 Å². The lowest BCUT2D eigenvalue weighted by Crippen LogP contribution is -2.46. The zero-order valence-electron chi connectivity index (χ0n) is 15.6. The minimum Gasteiger partial charge on any atom is -0.492 e. The summed E-state index contributed by atoms with van der Waals surface area (Å²) >= 11 is 13.2. The Balaban J connectivity index is 1.38. The van der Waals surface area contributed by atoms with Crippen LogP contribution < -0.4 is 9.46 Å². The van der Waals surface area contributed by atoms with Gasteiger partial charge in [-0.1, -0.05) is 35.3 Å². The van der Waals surface area contributed by atoms with Crippen LogP contribution in [-0.2, 0) is 14.8 Å². The molecule has 6 nitrogen and oxygen atoms in total. The predicted molar refractivity (Wildman–Crippen MR) is 115 cm³/mol. The smallest absolute Gasteiger partial charge is 0.250 e. The molecule has 1 aliphatic heterocycles. The molecule has 29 heavy (non-hydrogen) atoms. The molecule has 3 rings (SSSR count). The Morgan fingerprint density at radius 3 is 2.66 bits per heavy atom. The summed E-state index contributed by atoms with van der Waals surface area (Å²) in [6.45, 7) is 1.44. The van der Waals surface area contributed by atoms with Crippen molar-refractivity contribution < 1.29 is 17.9 Å². The normalized spacial score (nSPS) is 15.4. The van der Waals surface area contributed by atoms with Crippen LogP contribution in [0, 0.1) is 0 Å². The van der Waals surface area contributed by atoms with E-state index >= 15 is 0 Å². The lowest BCUT2D eigenvalue weighted by atomic mass is 10.1. The number of halogens is 2. The Kier molecular flexibility index (Phi) is 7.81. The number of carbonyl (C=O) groups is 1. The van der Waals surface area contributed by atoms with E-state index in [0.29, 0.717) is 65.4 Å². The summed E-state index contributed by atoms with van der Waals surface area (Å²) in [6.07, 6.45) is 2.13. The maximum absolute atomic E-state index is 12.4. The highest BCUT2D eigenvalue weighted by Crippen LogP contribution is 2.31. The van der Waals surface area contributed by atoms with Gasteiger partial charge in [-0.3, -0.25) is 4.79 Å². The van der Waals surface area contributed by atoms with Crippen molar-refractivity contribution in [3.63, 3.8) is 0 Å². The molecule has 2 aromatic rings. The Hall–Kier alpha value is -1.32. The molecule has 1 amide bonds. The largest absolute Gasteiger partial charge is 0.492 e. The highest BCUT2D eigenvalue weighted by atomic mass is 35.5. The van der Waals surface area contributed by atoms with Crippen molar-refractivity contribution in [3.8, 4) is 5.75 Å². The van der Waals surface area contributed by atoms with Gasteiger partial charge in [-0.25, -0.2) is 13.1 Å². The molecule has 1 saturated heterocycles. The Bertz CT molecular complexity index is 928. The first-order valence-corrected chi connectivity index (χ1v) is 12.4. The number of carbonyl (C=O) groups excluding carboxylic acids is 1. The zero-order chi connectivity index (χ0) is 20.9. The molecule has 1 N–H and O–H groups in total. The number of piperidine rings is 1. The van der Waals surface area contributed by atoms with Crippen LogP contribution in [0.1, 0.15) is 25.7 Å². The Labute approximate surface area is 184 Å². The summed E-state index contributed by atoms with van der Waals surface area (Å²) < 4.78 is 33.3. The number of thiophene rings is 1. The van der Waals surface area contributed by atoms with E-state index in [4.69, 9.17) is 27.9 Å². The van der Waals surface area contributed by atoms with Crippen LogP contribution in [0.5, 0.6) is 5.75 Å². The quantitative estimate of drug-likeness (QED) is 0.579. The monoisotopic (exact) mass is 476 g/mol. The zero-order valence-corrected chi connectivity index (χ0v) is 18.8. The number of amides is 1. The molecule has 0 aliphatic carbocycles. The van der Waals surface area contributed by atoms with Crippen LogP contribution in [0.2, 0.25) is 10.0 Å². The summed E-state index contributed by atoms with van der Waals surface area (Å²) in [6, 6.07) is 8.32. The van der Waals surface area contributed by atoms with Gasteiger partial charge in [0, 0.05) is 25.6 Å². The van der Waals surface area contributed by atoms with Crippen LogP contribution in [0.25, 0.3) is 0 Å². The Morgan fingerprint density at radius 1 is 1.21 bits per heavy atom. The number of sulfonamides is 1. The van der Waals surface area contributed by atoms with Gasteiger partial charge in [-0.15, -0.1) is 11.3 Å². The number of nitrogens with one attached hydrogen (secondary N) is 1. The van der Waals surface area contributed by atoms with Crippen molar-refractivity contribution in [2.24, 2.45) is 0 Å². The first-order valence-electron chi connectivity index (χ1n) is 9.27. The van der Waals surface area contributed by atoms with Gasteiger partial charge in [0.25, 0.3) is 0 Å². The minimum atomic E-state index is -3.48. The summed E-state index contributed by atoms with van der Waals surface area (Å²) in [5.41, 5.74) is 0.